The molecule has 0 spiro atoms. The molecule has 1 aromatic heterocycles. The number of nitrogens with one attached hydrogen (secondary N) is 2. The lowest BCUT2D eigenvalue weighted by atomic mass is 9.53. The summed E-state index contributed by atoms with van der Waals surface area (Å²) < 4.78 is 0. The zero-order valence-electron chi connectivity index (χ0n) is 14.0. The van der Waals surface area contributed by atoms with Crippen molar-refractivity contribution in [2.45, 2.75) is 56.9 Å². The number of pyridine rings is 1. The first kappa shape index (κ1) is 15.6. The molecule has 1 aromatic rings. The van der Waals surface area contributed by atoms with Gasteiger partial charge in [0.25, 0.3) is 0 Å². The summed E-state index contributed by atoms with van der Waals surface area (Å²) in [5.41, 5.74) is 0.704. The molecule has 4 bridgehead atoms. The minimum atomic E-state index is -0.135. The van der Waals surface area contributed by atoms with Crippen molar-refractivity contribution in [1.29, 1.82) is 0 Å². The van der Waals surface area contributed by atoms with E-state index in [1.807, 2.05) is 0 Å². The minimum Gasteiger partial charge on any atom is -0.351 e. The lowest BCUT2D eigenvalue weighted by molar-refractivity contribution is -0.129. The number of amides is 2. The Kier molecular flexibility index (Phi) is 4.02. The van der Waals surface area contributed by atoms with Crippen molar-refractivity contribution in [3.05, 3.63) is 24.5 Å². The molecular formula is C19H25N3O2. The molecule has 0 radical (unpaired) electrons. The molecule has 0 aliphatic heterocycles. The van der Waals surface area contributed by atoms with Gasteiger partial charge in [-0.15, -0.1) is 0 Å². The van der Waals surface area contributed by atoms with Crippen molar-refractivity contribution in [2.75, 3.05) is 5.32 Å². The fourth-order valence-corrected chi connectivity index (χ4v) is 5.51. The third kappa shape index (κ3) is 3.30. The largest absolute Gasteiger partial charge is 0.351 e. The topological polar surface area (TPSA) is 71.1 Å². The maximum Gasteiger partial charge on any atom is 0.224 e. The minimum absolute atomic E-state index is 0.0262. The molecule has 128 valence electrons. The van der Waals surface area contributed by atoms with E-state index < -0.39 is 0 Å². The molecule has 1 heterocycles. The van der Waals surface area contributed by atoms with Crippen LogP contribution in [0.2, 0.25) is 0 Å². The van der Waals surface area contributed by atoms with Crippen LogP contribution in [-0.4, -0.2) is 22.3 Å². The van der Waals surface area contributed by atoms with Gasteiger partial charge in [0.2, 0.25) is 11.8 Å². The number of hydrogen-bond donors (Lipinski definition) is 2. The molecule has 2 amide bonds. The molecule has 4 aliphatic carbocycles. The number of carbonyl (C=O) groups is 2. The fraction of sp³-hybridized carbons (Fsp3) is 0.632. The molecule has 0 aromatic carbocycles. The van der Waals surface area contributed by atoms with Gasteiger partial charge in [-0.1, -0.05) is 0 Å². The van der Waals surface area contributed by atoms with E-state index >= 15 is 0 Å². The second-order valence-electron chi connectivity index (χ2n) is 8.04. The predicted molar refractivity (Wildman–Crippen MR) is 91.1 cm³/mol. The highest BCUT2D eigenvalue weighted by molar-refractivity contribution is 5.93. The van der Waals surface area contributed by atoms with Gasteiger partial charge >= 0.3 is 0 Å². The average molecular weight is 327 g/mol. The fourth-order valence-electron chi connectivity index (χ4n) is 5.51. The van der Waals surface area contributed by atoms with Gasteiger partial charge in [0, 0.05) is 24.6 Å². The van der Waals surface area contributed by atoms with Gasteiger partial charge < -0.3 is 10.6 Å². The number of hydrogen-bond acceptors (Lipinski definition) is 3. The molecule has 4 saturated carbocycles. The van der Waals surface area contributed by atoms with Crippen LogP contribution in [0.15, 0.2) is 24.5 Å². The van der Waals surface area contributed by atoms with E-state index in [0.29, 0.717) is 5.69 Å². The molecule has 5 rings (SSSR count). The highest BCUT2D eigenvalue weighted by atomic mass is 16.2. The Morgan fingerprint density at radius 3 is 2.25 bits per heavy atom. The quantitative estimate of drug-likeness (QED) is 0.873. The molecule has 0 unspecified atom stereocenters. The molecule has 4 fully saturated rings. The monoisotopic (exact) mass is 327 g/mol. The van der Waals surface area contributed by atoms with Crippen LogP contribution >= 0.6 is 0 Å². The average Bonchev–Trinajstić information content (AvgIpc) is 2.52. The first-order valence-corrected chi connectivity index (χ1v) is 9.11. The number of carbonyl (C=O) groups excluding carboxylic acids is 2. The van der Waals surface area contributed by atoms with Crippen LogP contribution in [0.5, 0.6) is 0 Å². The van der Waals surface area contributed by atoms with Crippen molar-refractivity contribution in [1.82, 2.24) is 10.3 Å². The van der Waals surface area contributed by atoms with E-state index in [4.69, 9.17) is 0 Å². The predicted octanol–water partition coefficient (Wildman–Crippen LogP) is 2.89. The summed E-state index contributed by atoms with van der Waals surface area (Å²) in [6, 6.07) is 3.57. The molecule has 24 heavy (non-hydrogen) atoms. The summed E-state index contributed by atoms with van der Waals surface area (Å²) in [6.07, 6.45) is 11.3. The summed E-state index contributed by atoms with van der Waals surface area (Å²) in [4.78, 5) is 28.3. The van der Waals surface area contributed by atoms with Crippen molar-refractivity contribution < 1.29 is 9.59 Å². The van der Waals surface area contributed by atoms with Gasteiger partial charge in [-0.25, -0.2) is 0 Å². The molecule has 5 heteroatoms. The Morgan fingerprint density at radius 2 is 1.67 bits per heavy atom. The van der Waals surface area contributed by atoms with Crippen molar-refractivity contribution in [2.24, 2.45) is 17.8 Å². The summed E-state index contributed by atoms with van der Waals surface area (Å²) in [6.45, 7) is 0. The Bertz CT molecular complexity index is 593. The number of rotatable bonds is 5. The maximum atomic E-state index is 12.4. The van der Waals surface area contributed by atoms with Crippen molar-refractivity contribution in [3.8, 4) is 0 Å². The summed E-state index contributed by atoms with van der Waals surface area (Å²) in [7, 11) is 0. The van der Waals surface area contributed by atoms with Gasteiger partial charge in [-0.3, -0.25) is 14.6 Å². The standard InChI is InChI=1S/C19H25N3O2/c23-17(21-16-2-1-5-20-12-16)3-4-18(24)22-19-9-13-6-14(10-19)8-15(7-13)11-19/h1-2,5,12-15H,3-4,6-11H2,(H,21,23)(H,22,24). The molecule has 5 nitrogen and oxygen atoms in total. The zero-order valence-corrected chi connectivity index (χ0v) is 14.0. The number of nitrogens with zero attached hydrogens (tertiary/aromatic N) is 1. The van der Waals surface area contributed by atoms with Crippen LogP contribution in [0, 0.1) is 17.8 Å². The summed E-state index contributed by atoms with van der Waals surface area (Å²) >= 11 is 0. The van der Waals surface area contributed by atoms with Gasteiger partial charge in [0.15, 0.2) is 0 Å². The Balaban J connectivity index is 1.27. The van der Waals surface area contributed by atoms with E-state index in [1.165, 1.54) is 19.3 Å². The van der Waals surface area contributed by atoms with Crippen LogP contribution < -0.4 is 10.6 Å². The van der Waals surface area contributed by atoms with E-state index in [-0.39, 0.29) is 30.2 Å². The van der Waals surface area contributed by atoms with E-state index in [9.17, 15) is 9.59 Å². The van der Waals surface area contributed by atoms with E-state index in [0.717, 1.165) is 37.0 Å². The Hall–Kier alpha value is -1.91. The highest BCUT2D eigenvalue weighted by Gasteiger charge is 2.51. The first-order valence-electron chi connectivity index (χ1n) is 9.11. The van der Waals surface area contributed by atoms with Crippen molar-refractivity contribution in [3.63, 3.8) is 0 Å². The first-order chi connectivity index (χ1) is 11.6. The Labute approximate surface area is 142 Å². The van der Waals surface area contributed by atoms with Gasteiger partial charge in [0.1, 0.15) is 0 Å². The van der Waals surface area contributed by atoms with Gasteiger partial charge in [0.05, 0.1) is 11.9 Å². The molecule has 4 aliphatic rings. The Morgan fingerprint density at radius 1 is 1.04 bits per heavy atom. The van der Waals surface area contributed by atoms with Crippen LogP contribution in [-0.2, 0) is 9.59 Å². The van der Waals surface area contributed by atoms with Gasteiger partial charge in [-0.05, 0) is 68.4 Å². The van der Waals surface area contributed by atoms with Crippen LogP contribution in [0.4, 0.5) is 5.69 Å². The normalized spacial score (nSPS) is 33.2. The second-order valence-corrected chi connectivity index (χ2v) is 8.04. The van der Waals surface area contributed by atoms with Crippen LogP contribution in [0.3, 0.4) is 0 Å². The smallest absolute Gasteiger partial charge is 0.224 e. The number of anilines is 1. The highest BCUT2D eigenvalue weighted by Crippen LogP contribution is 2.55. The molecular weight excluding hydrogens is 302 g/mol. The third-order valence-corrected chi connectivity index (χ3v) is 5.97. The summed E-state index contributed by atoms with van der Waals surface area (Å²) in [5.74, 6) is 2.32. The zero-order chi connectivity index (χ0) is 16.6. The van der Waals surface area contributed by atoms with Crippen LogP contribution in [0.1, 0.15) is 51.4 Å². The molecule has 2 N–H and O–H groups in total. The SMILES string of the molecule is O=C(CCC(=O)NC12CC3CC(CC(C3)C1)C2)Nc1cccnc1. The lowest BCUT2D eigenvalue weighted by Gasteiger charge is -2.56. The molecule has 0 saturated heterocycles. The van der Waals surface area contributed by atoms with E-state index in [2.05, 4.69) is 15.6 Å². The van der Waals surface area contributed by atoms with Crippen molar-refractivity contribution >= 4 is 17.5 Å². The number of aromatic nitrogens is 1. The summed E-state index contributed by atoms with van der Waals surface area (Å²) in [5, 5.41) is 6.09. The third-order valence-electron chi connectivity index (χ3n) is 5.97. The van der Waals surface area contributed by atoms with Crippen LogP contribution in [0.25, 0.3) is 0 Å². The second kappa shape index (κ2) is 6.19. The lowest BCUT2D eigenvalue weighted by Crippen LogP contribution is -2.59. The van der Waals surface area contributed by atoms with Gasteiger partial charge in [-0.2, -0.15) is 0 Å². The maximum absolute atomic E-state index is 12.4. The van der Waals surface area contributed by atoms with E-state index in [1.54, 1.807) is 24.5 Å². The molecule has 0 atom stereocenters.